The fourth-order valence-corrected chi connectivity index (χ4v) is 3.14. The van der Waals surface area contributed by atoms with Crippen molar-refractivity contribution in [3.05, 3.63) is 26.6 Å². The van der Waals surface area contributed by atoms with Crippen LogP contribution in [0.3, 0.4) is 0 Å². The lowest BCUT2D eigenvalue weighted by molar-refractivity contribution is -0.175. The van der Waals surface area contributed by atoms with Crippen LogP contribution in [0.4, 0.5) is 13.2 Å². The first-order chi connectivity index (χ1) is 9.69. The average molecular weight is 435 g/mol. The highest BCUT2D eigenvalue weighted by molar-refractivity contribution is 9.11. The molecule has 0 amide bonds. The second-order valence-corrected chi connectivity index (χ2v) is 6.29. The number of benzene rings is 1. The Morgan fingerprint density at radius 2 is 1.76 bits per heavy atom. The minimum Gasteiger partial charge on any atom is -0.489 e. The van der Waals surface area contributed by atoms with Gasteiger partial charge in [-0.25, -0.2) is 0 Å². The molecule has 0 aliphatic heterocycles. The molecule has 0 fully saturated rings. The molecule has 21 heavy (non-hydrogen) atoms. The van der Waals surface area contributed by atoms with E-state index in [9.17, 15) is 13.2 Å². The summed E-state index contributed by atoms with van der Waals surface area (Å²) >= 11 is 6.74. The summed E-state index contributed by atoms with van der Waals surface area (Å²) in [7, 11) is 0. The lowest BCUT2D eigenvalue weighted by atomic mass is 10.1. The third kappa shape index (κ3) is 7.49. The lowest BCUT2D eigenvalue weighted by Crippen LogP contribution is -2.19. The Bertz CT molecular complexity index is 444. The second-order valence-electron chi connectivity index (χ2n) is 4.59. The molecule has 0 aliphatic rings. The van der Waals surface area contributed by atoms with Crippen LogP contribution in [0, 0.1) is 0 Å². The predicted molar refractivity (Wildman–Crippen MR) is 81.6 cm³/mol. The van der Waals surface area contributed by atoms with Crippen LogP contribution >= 0.6 is 31.9 Å². The van der Waals surface area contributed by atoms with E-state index in [-0.39, 0.29) is 19.3 Å². The van der Waals surface area contributed by atoms with E-state index in [0.29, 0.717) is 21.1 Å². The first-order valence-corrected chi connectivity index (χ1v) is 7.78. The molecule has 120 valence electrons. The Morgan fingerprint density at radius 1 is 1.19 bits per heavy atom. The highest BCUT2D eigenvalue weighted by Gasteiger charge is 2.27. The third-order valence-electron chi connectivity index (χ3n) is 2.36. The van der Waals surface area contributed by atoms with Gasteiger partial charge in [0.25, 0.3) is 0 Å². The van der Waals surface area contributed by atoms with Crippen LogP contribution in [-0.2, 0) is 11.2 Å². The standard InChI is InChI=1S/C13H16Br2F3NO2/c1-8(19)4-9-5-10(14)12(11(15)6-9)21-3-2-20-7-13(16,17)18/h5-6,8H,2-4,7,19H2,1H3. The number of hydrogen-bond acceptors (Lipinski definition) is 3. The van der Waals surface area contributed by atoms with Gasteiger partial charge in [-0.15, -0.1) is 0 Å². The van der Waals surface area contributed by atoms with Gasteiger partial charge in [0.15, 0.2) is 0 Å². The molecule has 0 bridgehead atoms. The number of nitrogens with two attached hydrogens (primary N) is 1. The summed E-state index contributed by atoms with van der Waals surface area (Å²) in [6.07, 6.45) is -3.60. The molecule has 8 heteroatoms. The van der Waals surface area contributed by atoms with Crippen LogP contribution in [0.1, 0.15) is 12.5 Å². The van der Waals surface area contributed by atoms with E-state index in [1.165, 1.54) is 0 Å². The number of alkyl halides is 3. The van der Waals surface area contributed by atoms with E-state index < -0.39 is 12.8 Å². The van der Waals surface area contributed by atoms with E-state index in [0.717, 1.165) is 5.56 Å². The smallest absolute Gasteiger partial charge is 0.411 e. The van der Waals surface area contributed by atoms with E-state index in [1.807, 2.05) is 19.1 Å². The van der Waals surface area contributed by atoms with Gasteiger partial charge in [0.1, 0.15) is 19.0 Å². The van der Waals surface area contributed by atoms with Gasteiger partial charge in [0.05, 0.1) is 15.6 Å². The zero-order valence-corrected chi connectivity index (χ0v) is 14.5. The first kappa shape index (κ1) is 18.7. The fraction of sp³-hybridized carbons (Fsp3) is 0.538. The molecule has 0 heterocycles. The molecule has 0 spiro atoms. The molecule has 0 saturated heterocycles. The van der Waals surface area contributed by atoms with E-state index in [2.05, 4.69) is 36.6 Å². The normalized spacial score (nSPS) is 13.3. The molecule has 1 aromatic carbocycles. The van der Waals surface area contributed by atoms with Crippen molar-refractivity contribution in [3.63, 3.8) is 0 Å². The molecule has 0 saturated carbocycles. The topological polar surface area (TPSA) is 44.5 Å². The number of hydrogen-bond donors (Lipinski definition) is 1. The second kappa shape index (κ2) is 8.36. The molecular weight excluding hydrogens is 419 g/mol. The van der Waals surface area contributed by atoms with Crippen molar-refractivity contribution < 1.29 is 22.6 Å². The molecule has 1 rings (SSSR count). The van der Waals surface area contributed by atoms with E-state index >= 15 is 0 Å². The molecule has 1 atom stereocenters. The van der Waals surface area contributed by atoms with Gasteiger partial charge in [0, 0.05) is 6.04 Å². The minimum absolute atomic E-state index is 0.0277. The Kier molecular flexibility index (Phi) is 7.46. The van der Waals surface area contributed by atoms with Crippen molar-refractivity contribution in [2.24, 2.45) is 5.73 Å². The summed E-state index contributed by atoms with van der Waals surface area (Å²) < 4.78 is 47.0. The molecule has 1 aromatic rings. The minimum atomic E-state index is -4.32. The maximum Gasteiger partial charge on any atom is 0.411 e. The van der Waals surface area contributed by atoms with Gasteiger partial charge in [0.2, 0.25) is 0 Å². The van der Waals surface area contributed by atoms with Crippen LogP contribution in [0.25, 0.3) is 0 Å². The fourth-order valence-electron chi connectivity index (χ4n) is 1.63. The van der Waals surface area contributed by atoms with Gasteiger partial charge in [-0.3, -0.25) is 0 Å². The van der Waals surface area contributed by atoms with Crippen LogP contribution in [-0.4, -0.2) is 32.0 Å². The Hall–Kier alpha value is -0.310. The zero-order valence-electron chi connectivity index (χ0n) is 11.3. The quantitative estimate of drug-likeness (QED) is 0.658. The van der Waals surface area contributed by atoms with Crippen LogP contribution < -0.4 is 10.5 Å². The highest BCUT2D eigenvalue weighted by atomic mass is 79.9. The Labute approximate surface area is 138 Å². The molecule has 0 aliphatic carbocycles. The van der Waals surface area contributed by atoms with Gasteiger partial charge in [-0.05, 0) is 62.9 Å². The van der Waals surface area contributed by atoms with Gasteiger partial charge < -0.3 is 15.2 Å². The summed E-state index contributed by atoms with van der Waals surface area (Å²) in [5, 5.41) is 0. The largest absolute Gasteiger partial charge is 0.489 e. The zero-order chi connectivity index (χ0) is 16.0. The SMILES string of the molecule is CC(N)Cc1cc(Br)c(OCCOCC(F)(F)F)c(Br)c1. The van der Waals surface area contributed by atoms with Crippen molar-refractivity contribution in [1.82, 2.24) is 0 Å². The number of halogens is 5. The monoisotopic (exact) mass is 433 g/mol. The van der Waals surface area contributed by atoms with Gasteiger partial charge >= 0.3 is 6.18 Å². The Balaban J connectivity index is 2.52. The number of rotatable bonds is 7. The summed E-state index contributed by atoms with van der Waals surface area (Å²) in [5.74, 6) is 0.527. The highest BCUT2D eigenvalue weighted by Crippen LogP contribution is 2.35. The number of ether oxygens (including phenoxy) is 2. The molecule has 0 aromatic heterocycles. The Morgan fingerprint density at radius 3 is 2.24 bits per heavy atom. The van der Waals surface area contributed by atoms with Crippen LogP contribution in [0.5, 0.6) is 5.75 Å². The maximum atomic E-state index is 11.9. The summed E-state index contributed by atoms with van der Waals surface area (Å²) in [4.78, 5) is 0. The summed E-state index contributed by atoms with van der Waals surface area (Å²) in [5.41, 5.74) is 6.77. The average Bonchev–Trinajstić information content (AvgIpc) is 2.29. The van der Waals surface area contributed by atoms with E-state index in [1.54, 1.807) is 0 Å². The van der Waals surface area contributed by atoms with E-state index in [4.69, 9.17) is 10.5 Å². The molecule has 2 N–H and O–H groups in total. The summed E-state index contributed by atoms with van der Waals surface area (Å²) in [6.45, 7) is 0.524. The van der Waals surface area contributed by atoms with Crippen molar-refractivity contribution in [2.45, 2.75) is 25.6 Å². The molecule has 3 nitrogen and oxygen atoms in total. The van der Waals surface area contributed by atoms with Crippen molar-refractivity contribution in [2.75, 3.05) is 19.8 Å². The van der Waals surface area contributed by atoms with Gasteiger partial charge in [-0.2, -0.15) is 13.2 Å². The third-order valence-corrected chi connectivity index (χ3v) is 3.53. The molecule has 1 unspecified atom stereocenters. The maximum absolute atomic E-state index is 11.9. The van der Waals surface area contributed by atoms with Crippen molar-refractivity contribution in [3.8, 4) is 5.75 Å². The molecule has 0 radical (unpaired) electrons. The molecular formula is C13H16Br2F3NO2. The predicted octanol–water partition coefficient (Wildman–Crippen LogP) is 4.06. The summed E-state index contributed by atoms with van der Waals surface area (Å²) in [6, 6.07) is 3.78. The van der Waals surface area contributed by atoms with Crippen LogP contribution in [0.2, 0.25) is 0 Å². The lowest BCUT2D eigenvalue weighted by Gasteiger charge is -2.14. The first-order valence-electron chi connectivity index (χ1n) is 6.20. The van der Waals surface area contributed by atoms with Crippen molar-refractivity contribution >= 4 is 31.9 Å². The van der Waals surface area contributed by atoms with Crippen LogP contribution in [0.15, 0.2) is 21.1 Å². The van der Waals surface area contributed by atoms with Crippen molar-refractivity contribution in [1.29, 1.82) is 0 Å². The van der Waals surface area contributed by atoms with Gasteiger partial charge in [-0.1, -0.05) is 0 Å².